The summed E-state index contributed by atoms with van der Waals surface area (Å²) in [5, 5.41) is 29.4. The smallest absolute Gasteiger partial charge is 0.326 e. The predicted octanol–water partition coefficient (Wildman–Crippen LogP) is 2.69. The molecule has 38 heavy (non-hydrogen) atoms. The SMILES string of the molecule is Cc1nsc(Nc2cnc3ccccc3n2)c1C(O)Nc1cccc(C(=O)NC(CCC(N)=O)C(=O)O)c1. The number of nitrogens with one attached hydrogen (secondary N) is 3. The van der Waals surface area contributed by atoms with Crippen LogP contribution in [-0.4, -0.2) is 48.4 Å². The molecule has 0 bridgehead atoms. The summed E-state index contributed by atoms with van der Waals surface area (Å²) >= 11 is 1.16. The van der Waals surface area contributed by atoms with Crippen LogP contribution >= 0.6 is 11.5 Å². The van der Waals surface area contributed by atoms with Crippen molar-refractivity contribution in [3.63, 3.8) is 0 Å². The Morgan fingerprint density at radius 2 is 1.87 bits per heavy atom. The number of aryl methyl sites for hydroxylation is 1. The molecule has 2 atom stereocenters. The molecule has 4 rings (SSSR count). The van der Waals surface area contributed by atoms with Gasteiger partial charge in [0, 0.05) is 17.7 Å². The van der Waals surface area contributed by atoms with Crippen molar-refractivity contribution < 1.29 is 24.6 Å². The lowest BCUT2D eigenvalue weighted by atomic mass is 10.1. The van der Waals surface area contributed by atoms with Crippen molar-refractivity contribution in [1.29, 1.82) is 0 Å². The number of amides is 2. The number of aliphatic hydroxyl groups excluding tert-OH is 1. The summed E-state index contributed by atoms with van der Waals surface area (Å²) in [6, 6.07) is 12.4. The second-order valence-electron chi connectivity index (χ2n) is 8.38. The van der Waals surface area contributed by atoms with Gasteiger partial charge in [-0.05, 0) is 55.2 Å². The highest BCUT2D eigenvalue weighted by Crippen LogP contribution is 2.33. The van der Waals surface area contributed by atoms with Gasteiger partial charge < -0.3 is 31.9 Å². The van der Waals surface area contributed by atoms with Gasteiger partial charge in [0.1, 0.15) is 16.9 Å². The first-order valence-electron chi connectivity index (χ1n) is 11.5. The zero-order chi connectivity index (χ0) is 27.2. The second kappa shape index (κ2) is 11.6. The first kappa shape index (κ1) is 26.4. The number of benzene rings is 2. The van der Waals surface area contributed by atoms with E-state index in [-0.39, 0.29) is 18.4 Å². The Balaban J connectivity index is 1.48. The Morgan fingerprint density at radius 3 is 2.61 bits per heavy atom. The van der Waals surface area contributed by atoms with Gasteiger partial charge in [0.25, 0.3) is 5.91 Å². The highest BCUT2D eigenvalue weighted by atomic mass is 32.1. The molecule has 4 aromatic rings. The van der Waals surface area contributed by atoms with Gasteiger partial charge in [0.05, 0.1) is 28.5 Å². The van der Waals surface area contributed by atoms with E-state index in [1.165, 1.54) is 12.1 Å². The van der Waals surface area contributed by atoms with Gasteiger partial charge in [-0.2, -0.15) is 4.37 Å². The fourth-order valence-electron chi connectivity index (χ4n) is 3.69. The highest BCUT2D eigenvalue weighted by Gasteiger charge is 2.23. The summed E-state index contributed by atoms with van der Waals surface area (Å²) in [6.45, 7) is 1.76. The topological polar surface area (TPSA) is 192 Å². The molecule has 0 fully saturated rings. The number of aliphatic carboxylic acids is 1. The molecule has 2 heterocycles. The van der Waals surface area contributed by atoms with Gasteiger partial charge in [-0.1, -0.05) is 18.2 Å². The average molecular weight is 536 g/mol. The Hall–Kier alpha value is -4.62. The summed E-state index contributed by atoms with van der Waals surface area (Å²) in [7, 11) is 0. The van der Waals surface area contributed by atoms with Crippen molar-refractivity contribution in [2.75, 3.05) is 10.6 Å². The van der Waals surface area contributed by atoms with Gasteiger partial charge >= 0.3 is 5.97 Å². The van der Waals surface area contributed by atoms with Crippen LogP contribution in [0, 0.1) is 6.92 Å². The summed E-state index contributed by atoms with van der Waals surface area (Å²) in [6.07, 6.45) is 0.0942. The third-order valence-corrected chi connectivity index (χ3v) is 6.45. The summed E-state index contributed by atoms with van der Waals surface area (Å²) in [5.74, 6) is -2.10. The monoisotopic (exact) mass is 535 g/mol. The first-order chi connectivity index (χ1) is 18.2. The van der Waals surface area contributed by atoms with E-state index in [0.29, 0.717) is 33.3 Å². The third kappa shape index (κ3) is 6.38. The number of hydrogen-bond acceptors (Lipinski definition) is 10. The molecule has 0 aliphatic rings. The number of primary amides is 1. The minimum atomic E-state index is -1.28. The van der Waals surface area contributed by atoms with Crippen molar-refractivity contribution in [2.24, 2.45) is 5.73 Å². The average Bonchev–Trinajstić information content (AvgIpc) is 3.25. The molecule has 2 amide bonds. The Bertz CT molecular complexity index is 1490. The van der Waals surface area contributed by atoms with Crippen LogP contribution in [-0.2, 0) is 9.59 Å². The Morgan fingerprint density at radius 1 is 1.11 bits per heavy atom. The molecule has 0 aliphatic heterocycles. The third-order valence-electron chi connectivity index (χ3n) is 5.58. The number of carboxylic acid groups (broad SMARTS) is 1. The van der Waals surface area contributed by atoms with Crippen LogP contribution in [0.1, 0.15) is 40.7 Å². The lowest BCUT2D eigenvalue weighted by molar-refractivity contribution is -0.139. The number of carboxylic acids is 1. The van der Waals surface area contributed by atoms with Gasteiger partial charge in [-0.3, -0.25) is 14.6 Å². The molecular weight excluding hydrogens is 510 g/mol. The predicted molar refractivity (Wildman–Crippen MR) is 142 cm³/mol. The number of rotatable bonds is 11. The molecule has 2 aromatic carbocycles. The van der Waals surface area contributed by atoms with Gasteiger partial charge in [-0.15, -0.1) is 0 Å². The Kier molecular flexibility index (Phi) is 8.09. The normalized spacial score (nSPS) is 12.5. The first-order valence-corrected chi connectivity index (χ1v) is 12.3. The van der Waals surface area contributed by atoms with Crippen molar-refractivity contribution in [3.8, 4) is 0 Å². The number of anilines is 3. The van der Waals surface area contributed by atoms with Gasteiger partial charge in [0.15, 0.2) is 6.23 Å². The standard InChI is InChI=1S/C25H25N7O5S/c1-13-21(24(38-32-13)31-20-12-27-16-7-2-3-8-17(16)29-20)23(35)28-15-6-4-5-14(11-15)22(34)30-18(25(36)37)9-10-19(26)33/h2-8,11-12,18,23,28,35H,9-10H2,1H3,(H2,26,33)(H,29,31)(H,30,34)(H,36,37). The molecule has 2 unspecified atom stereocenters. The van der Waals surface area contributed by atoms with E-state index in [2.05, 4.69) is 30.3 Å². The molecular formula is C25H25N7O5S. The fraction of sp³-hybridized carbons (Fsp3) is 0.200. The number of carbonyl (C=O) groups is 3. The molecule has 0 radical (unpaired) electrons. The minimum Gasteiger partial charge on any atom is -0.480 e. The van der Waals surface area contributed by atoms with Crippen molar-refractivity contribution in [2.45, 2.75) is 32.0 Å². The minimum absolute atomic E-state index is 0.130. The van der Waals surface area contributed by atoms with Crippen LogP contribution in [0.3, 0.4) is 0 Å². The molecule has 7 N–H and O–H groups in total. The maximum absolute atomic E-state index is 12.7. The van der Waals surface area contributed by atoms with E-state index in [0.717, 1.165) is 17.0 Å². The number of hydrogen-bond donors (Lipinski definition) is 6. The van der Waals surface area contributed by atoms with Crippen molar-refractivity contribution in [3.05, 3.63) is 71.5 Å². The molecule has 0 saturated carbocycles. The maximum atomic E-state index is 12.7. The number of fused-ring (bicyclic) bond motifs is 1. The number of aliphatic hydroxyl groups is 1. The zero-order valence-electron chi connectivity index (χ0n) is 20.2. The molecule has 196 valence electrons. The summed E-state index contributed by atoms with van der Waals surface area (Å²) in [5.41, 5.74) is 8.23. The van der Waals surface area contributed by atoms with E-state index in [4.69, 9.17) is 5.73 Å². The maximum Gasteiger partial charge on any atom is 0.326 e. The van der Waals surface area contributed by atoms with Crippen LogP contribution in [0.5, 0.6) is 0 Å². The molecule has 13 heteroatoms. The number of nitrogens with zero attached hydrogens (tertiary/aromatic N) is 3. The van der Waals surface area contributed by atoms with Gasteiger partial charge in [-0.25, -0.2) is 9.78 Å². The summed E-state index contributed by atoms with van der Waals surface area (Å²) in [4.78, 5) is 44.0. The lowest BCUT2D eigenvalue weighted by Gasteiger charge is -2.17. The fourth-order valence-corrected chi connectivity index (χ4v) is 4.52. The Labute approximate surface area is 221 Å². The highest BCUT2D eigenvalue weighted by molar-refractivity contribution is 7.10. The quantitative estimate of drug-likeness (QED) is 0.156. The number of nitrogens with two attached hydrogens (primary N) is 1. The van der Waals surface area contributed by atoms with Gasteiger partial charge in [0.2, 0.25) is 5.91 Å². The second-order valence-corrected chi connectivity index (χ2v) is 9.15. The molecule has 0 saturated heterocycles. The zero-order valence-corrected chi connectivity index (χ0v) is 21.0. The number of carbonyl (C=O) groups excluding carboxylic acids is 2. The van der Waals surface area contributed by atoms with Crippen molar-refractivity contribution in [1.82, 2.24) is 19.7 Å². The van der Waals surface area contributed by atoms with Crippen LogP contribution in [0.15, 0.2) is 54.7 Å². The van der Waals surface area contributed by atoms with Crippen LogP contribution in [0.25, 0.3) is 11.0 Å². The summed E-state index contributed by atoms with van der Waals surface area (Å²) < 4.78 is 4.34. The number of para-hydroxylation sites is 2. The van der Waals surface area contributed by atoms with Crippen LogP contribution in [0.4, 0.5) is 16.5 Å². The lowest BCUT2D eigenvalue weighted by Crippen LogP contribution is -2.41. The molecule has 0 spiro atoms. The van der Waals surface area contributed by atoms with Crippen molar-refractivity contribution >= 4 is 56.9 Å². The van der Waals surface area contributed by atoms with E-state index < -0.39 is 30.1 Å². The van der Waals surface area contributed by atoms with E-state index in [1.54, 1.807) is 25.3 Å². The molecule has 12 nitrogen and oxygen atoms in total. The van der Waals surface area contributed by atoms with Crippen LogP contribution in [0.2, 0.25) is 0 Å². The largest absolute Gasteiger partial charge is 0.480 e. The molecule has 0 aliphatic carbocycles. The number of aromatic nitrogens is 3. The van der Waals surface area contributed by atoms with E-state index >= 15 is 0 Å². The van der Waals surface area contributed by atoms with E-state index in [9.17, 15) is 24.6 Å². The molecule has 2 aromatic heterocycles. The van der Waals surface area contributed by atoms with E-state index in [1.807, 2.05) is 24.3 Å². The van der Waals surface area contributed by atoms with Crippen LogP contribution < -0.4 is 21.7 Å².